The summed E-state index contributed by atoms with van der Waals surface area (Å²) in [5.74, 6) is 0.168. The number of hydrogen-bond acceptors (Lipinski definition) is 7. The molecule has 34 heavy (non-hydrogen) atoms. The standard InChI is InChI=1S/C24H20FN7O2/c25-18-7-19-14(6-20-21(34-23(33)32(19)20)11-31-4-3-29-30-31)5-15(18)13-1-2-22(28-8-13)24(12-26)16-9-27-10-17(16)24/h1-5,7-8,16-17,20-21,27H,6,9-11H2/t16-,17+,20-,21-,24+/m0/s1. The van der Waals surface area contributed by atoms with Gasteiger partial charge in [-0.25, -0.2) is 13.9 Å². The SMILES string of the molecule is N#C[C@]1(c2ccc(-c3cc4c(cc3F)N3C(=O)O[C@@H](Cn5ccnn5)[C@@H]3C4)cn2)[C@@H]2CNC[C@@H]21. The van der Waals surface area contributed by atoms with Crippen LogP contribution in [-0.4, -0.2) is 51.3 Å². The van der Waals surface area contributed by atoms with Crippen LogP contribution in [0.3, 0.4) is 0 Å². The molecule has 0 bridgehead atoms. The van der Waals surface area contributed by atoms with Crippen molar-refractivity contribution in [3.63, 3.8) is 0 Å². The smallest absolute Gasteiger partial charge is 0.415 e. The van der Waals surface area contributed by atoms with Gasteiger partial charge >= 0.3 is 6.09 Å². The number of benzene rings is 1. The van der Waals surface area contributed by atoms with Gasteiger partial charge in [-0.15, -0.1) is 5.10 Å². The van der Waals surface area contributed by atoms with Crippen LogP contribution in [0.4, 0.5) is 14.9 Å². The van der Waals surface area contributed by atoms with Gasteiger partial charge in [-0.1, -0.05) is 11.3 Å². The van der Waals surface area contributed by atoms with Crippen LogP contribution in [0.1, 0.15) is 11.3 Å². The van der Waals surface area contributed by atoms with E-state index in [9.17, 15) is 10.1 Å². The van der Waals surface area contributed by atoms with Crippen LogP contribution in [0, 0.1) is 29.0 Å². The Balaban J connectivity index is 1.18. The molecule has 1 aromatic carbocycles. The molecule has 1 N–H and O–H groups in total. The second-order valence-electron chi connectivity index (χ2n) is 9.43. The third kappa shape index (κ3) is 2.56. The van der Waals surface area contributed by atoms with Crippen LogP contribution < -0.4 is 10.2 Å². The monoisotopic (exact) mass is 457 g/mol. The summed E-state index contributed by atoms with van der Waals surface area (Å²) in [6, 6.07) is 9.17. The second kappa shape index (κ2) is 6.84. The van der Waals surface area contributed by atoms with Crippen molar-refractivity contribution >= 4 is 11.8 Å². The number of nitriles is 1. The number of hydrogen-bond donors (Lipinski definition) is 1. The Morgan fingerprint density at radius 1 is 1.29 bits per heavy atom. The number of anilines is 1. The highest BCUT2D eigenvalue weighted by Gasteiger charge is 2.69. The summed E-state index contributed by atoms with van der Waals surface area (Å²) in [6.45, 7) is 2.05. The number of nitrogens with zero attached hydrogens (tertiary/aromatic N) is 6. The van der Waals surface area contributed by atoms with Crippen LogP contribution in [-0.2, 0) is 23.1 Å². The van der Waals surface area contributed by atoms with E-state index in [0.717, 1.165) is 24.3 Å². The third-order valence-electron chi connectivity index (χ3n) is 7.86. The molecule has 3 fully saturated rings. The fourth-order valence-electron chi connectivity index (χ4n) is 6.12. The Bertz CT molecular complexity index is 1340. The number of halogens is 1. The van der Waals surface area contributed by atoms with Gasteiger partial charge in [0.1, 0.15) is 17.3 Å². The van der Waals surface area contributed by atoms with Crippen LogP contribution in [0.5, 0.6) is 0 Å². The molecule has 5 atom stereocenters. The Morgan fingerprint density at radius 3 is 2.85 bits per heavy atom. The highest BCUT2D eigenvalue weighted by molar-refractivity contribution is 5.94. The van der Waals surface area contributed by atoms with Crippen molar-refractivity contribution in [1.82, 2.24) is 25.3 Å². The molecular weight excluding hydrogens is 437 g/mol. The molecule has 0 radical (unpaired) electrons. The first-order valence-electron chi connectivity index (χ1n) is 11.4. The number of aromatic nitrogens is 4. The lowest BCUT2D eigenvalue weighted by Crippen LogP contribution is -2.35. The topological polar surface area (TPSA) is 109 Å². The first kappa shape index (κ1) is 19.6. The third-order valence-corrected chi connectivity index (χ3v) is 7.86. The van der Waals surface area contributed by atoms with Gasteiger partial charge in [-0.3, -0.25) is 9.88 Å². The maximum atomic E-state index is 15.2. The van der Waals surface area contributed by atoms with E-state index >= 15 is 4.39 Å². The Labute approximate surface area is 194 Å². The van der Waals surface area contributed by atoms with Gasteiger partial charge in [-0.2, -0.15) is 5.26 Å². The number of carbonyl (C=O) groups is 1. The summed E-state index contributed by atoms with van der Waals surface area (Å²) < 4.78 is 22.4. The lowest BCUT2D eigenvalue weighted by atomic mass is 9.95. The normalized spacial score (nSPS) is 30.5. The lowest BCUT2D eigenvalue weighted by Gasteiger charge is -2.16. The van der Waals surface area contributed by atoms with Crippen molar-refractivity contribution in [2.75, 3.05) is 18.0 Å². The minimum atomic E-state index is -0.523. The van der Waals surface area contributed by atoms with Crippen molar-refractivity contribution in [2.24, 2.45) is 11.8 Å². The van der Waals surface area contributed by atoms with Gasteiger partial charge in [0.2, 0.25) is 0 Å². The molecule has 7 rings (SSSR count). The predicted molar refractivity (Wildman–Crippen MR) is 117 cm³/mol. The molecule has 3 aliphatic heterocycles. The summed E-state index contributed by atoms with van der Waals surface area (Å²) in [7, 11) is 0. The lowest BCUT2D eigenvalue weighted by molar-refractivity contribution is 0.117. The van der Waals surface area contributed by atoms with E-state index in [2.05, 4.69) is 26.7 Å². The van der Waals surface area contributed by atoms with Crippen LogP contribution in [0.2, 0.25) is 0 Å². The molecule has 5 heterocycles. The molecule has 1 amide bonds. The summed E-state index contributed by atoms with van der Waals surface area (Å²) in [5.41, 5.74) is 2.75. The van der Waals surface area contributed by atoms with Crippen LogP contribution in [0.15, 0.2) is 42.9 Å². The van der Waals surface area contributed by atoms with Crippen molar-refractivity contribution in [2.45, 2.75) is 30.5 Å². The maximum Gasteiger partial charge on any atom is 0.415 e. The van der Waals surface area contributed by atoms with Gasteiger partial charge in [0.05, 0.1) is 36.2 Å². The van der Waals surface area contributed by atoms with Gasteiger partial charge in [-0.05, 0) is 30.2 Å². The van der Waals surface area contributed by atoms with Crippen molar-refractivity contribution < 1.29 is 13.9 Å². The van der Waals surface area contributed by atoms with Gasteiger partial charge in [0.15, 0.2) is 0 Å². The van der Waals surface area contributed by atoms with E-state index in [0.29, 0.717) is 41.6 Å². The molecule has 4 aliphatic rings. The molecule has 170 valence electrons. The average molecular weight is 457 g/mol. The Hall–Kier alpha value is -3.84. The van der Waals surface area contributed by atoms with Gasteiger partial charge in [0, 0.05) is 48.4 Å². The molecule has 1 aliphatic carbocycles. The number of piperidine rings is 1. The minimum absolute atomic E-state index is 0.222. The zero-order chi connectivity index (χ0) is 23.0. The summed E-state index contributed by atoms with van der Waals surface area (Å²) in [6.07, 6.45) is 4.63. The first-order valence-corrected chi connectivity index (χ1v) is 11.4. The molecule has 3 aromatic rings. The molecule has 0 spiro atoms. The zero-order valence-corrected chi connectivity index (χ0v) is 18.1. The number of nitrogens with one attached hydrogen (secondary N) is 1. The number of fused-ring (bicyclic) bond motifs is 4. The number of carbonyl (C=O) groups excluding carboxylic acids is 1. The fraction of sp³-hybridized carbons (Fsp3) is 0.375. The van der Waals surface area contributed by atoms with E-state index in [4.69, 9.17) is 4.74 Å². The average Bonchev–Trinajstić information content (AvgIpc) is 3.45. The molecule has 2 aromatic heterocycles. The van der Waals surface area contributed by atoms with Gasteiger partial charge < -0.3 is 10.1 Å². The zero-order valence-electron chi connectivity index (χ0n) is 18.1. The molecule has 0 unspecified atom stereocenters. The van der Waals surface area contributed by atoms with Crippen molar-refractivity contribution in [1.29, 1.82) is 5.26 Å². The van der Waals surface area contributed by atoms with E-state index in [1.807, 2.05) is 12.1 Å². The van der Waals surface area contributed by atoms with E-state index in [-0.39, 0.29) is 6.04 Å². The molecular formula is C24H20FN7O2. The maximum absolute atomic E-state index is 15.2. The van der Waals surface area contributed by atoms with Crippen LogP contribution >= 0.6 is 0 Å². The predicted octanol–water partition coefficient (Wildman–Crippen LogP) is 2.04. The number of rotatable bonds is 4. The minimum Gasteiger partial charge on any atom is -0.442 e. The largest absolute Gasteiger partial charge is 0.442 e. The fourth-order valence-corrected chi connectivity index (χ4v) is 6.12. The second-order valence-corrected chi connectivity index (χ2v) is 9.43. The number of ether oxygens (including phenoxy) is 1. The molecule has 10 heteroatoms. The number of pyridine rings is 1. The molecule has 2 saturated heterocycles. The Morgan fingerprint density at radius 2 is 2.15 bits per heavy atom. The Kier molecular flexibility index (Phi) is 3.94. The number of cyclic esters (lactones) is 1. The quantitative estimate of drug-likeness (QED) is 0.639. The molecule has 9 nitrogen and oxygen atoms in total. The highest BCUT2D eigenvalue weighted by Crippen LogP contribution is 2.60. The summed E-state index contributed by atoms with van der Waals surface area (Å²) >= 11 is 0. The van der Waals surface area contributed by atoms with E-state index in [1.54, 1.807) is 34.2 Å². The van der Waals surface area contributed by atoms with Crippen molar-refractivity contribution in [3.05, 3.63) is 59.9 Å². The number of amides is 1. The van der Waals surface area contributed by atoms with E-state index in [1.165, 1.54) is 6.07 Å². The van der Waals surface area contributed by atoms with Crippen molar-refractivity contribution in [3.8, 4) is 17.2 Å². The molecule has 1 saturated carbocycles. The van der Waals surface area contributed by atoms with E-state index < -0.39 is 23.4 Å². The summed E-state index contributed by atoms with van der Waals surface area (Å²) in [5, 5.41) is 20.9. The van der Waals surface area contributed by atoms with Gasteiger partial charge in [0.25, 0.3) is 0 Å². The summed E-state index contributed by atoms with van der Waals surface area (Å²) in [4.78, 5) is 18.7. The first-order chi connectivity index (χ1) is 16.6. The highest BCUT2D eigenvalue weighted by atomic mass is 19.1. The van der Waals surface area contributed by atoms with Crippen LogP contribution in [0.25, 0.3) is 11.1 Å².